The zero-order valence-electron chi connectivity index (χ0n) is 11.2. The van der Waals surface area contributed by atoms with E-state index in [1.54, 1.807) is 4.68 Å². The molecule has 0 unspecified atom stereocenters. The van der Waals surface area contributed by atoms with Crippen molar-refractivity contribution in [2.75, 3.05) is 6.54 Å². The molecule has 0 aliphatic rings. The maximum Gasteiger partial charge on any atom is 0.113 e. The number of rotatable bonds is 4. The average Bonchev–Trinajstić information content (AvgIpc) is 2.90. The summed E-state index contributed by atoms with van der Waals surface area (Å²) < 4.78 is 1.80. The molecule has 0 spiro atoms. The minimum absolute atomic E-state index is 0.739. The highest BCUT2D eigenvalue weighted by Crippen LogP contribution is 2.22. The number of hydrogen-bond acceptors (Lipinski definition) is 3. The van der Waals surface area contributed by atoms with Crippen molar-refractivity contribution in [3.8, 4) is 5.69 Å². The van der Waals surface area contributed by atoms with Crippen molar-refractivity contribution in [1.82, 2.24) is 20.3 Å². The van der Waals surface area contributed by atoms with Crippen molar-refractivity contribution in [3.63, 3.8) is 0 Å². The van der Waals surface area contributed by atoms with Crippen LogP contribution >= 0.6 is 11.6 Å². The van der Waals surface area contributed by atoms with E-state index in [2.05, 4.69) is 22.6 Å². The Morgan fingerprint density at radius 2 is 2.05 bits per heavy atom. The highest BCUT2D eigenvalue weighted by molar-refractivity contribution is 6.31. The lowest BCUT2D eigenvalue weighted by atomic mass is 10.2. The van der Waals surface area contributed by atoms with E-state index in [9.17, 15) is 0 Å². The minimum Gasteiger partial charge on any atom is -0.313 e. The quantitative estimate of drug-likeness (QED) is 0.801. The Hall–Kier alpha value is -1.91. The SMILES string of the molecule is CCNCc1ccc(-n2nnc3ccccc32)cc1Cl. The second-order valence-electron chi connectivity index (χ2n) is 4.55. The molecular formula is C15H15ClN4. The first kappa shape index (κ1) is 13.1. The van der Waals surface area contributed by atoms with Gasteiger partial charge >= 0.3 is 0 Å². The zero-order valence-corrected chi connectivity index (χ0v) is 11.9. The average molecular weight is 287 g/mol. The van der Waals surface area contributed by atoms with Crippen LogP contribution in [0.3, 0.4) is 0 Å². The van der Waals surface area contributed by atoms with Crippen LogP contribution in [0, 0.1) is 0 Å². The first-order valence-corrected chi connectivity index (χ1v) is 6.97. The van der Waals surface area contributed by atoms with Crippen LogP contribution in [0.25, 0.3) is 16.7 Å². The van der Waals surface area contributed by atoms with Gasteiger partial charge in [-0.1, -0.05) is 41.9 Å². The van der Waals surface area contributed by atoms with Gasteiger partial charge in [-0.15, -0.1) is 5.10 Å². The predicted octanol–water partition coefficient (Wildman–Crippen LogP) is 3.18. The molecule has 20 heavy (non-hydrogen) atoms. The number of nitrogens with one attached hydrogen (secondary N) is 1. The van der Waals surface area contributed by atoms with Crippen LogP contribution in [0.1, 0.15) is 12.5 Å². The minimum atomic E-state index is 0.739. The number of benzene rings is 2. The Balaban J connectivity index is 2.00. The van der Waals surface area contributed by atoms with Crippen molar-refractivity contribution in [2.24, 2.45) is 0 Å². The van der Waals surface area contributed by atoms with E-state index in [0.717, 1.165) is 40.4 Å². The van der Waals surface area contributed by atoms with Crippen LogP contribution < -0.4 is 5.32 Å². The summed E-state index contributed by atoms with van der Waals surface area (Å²) in [5.74, 6) is 0. The predicted molar refractivity (Wildman–Crippen MR) is 81.3 cm³/mol. The van der Waals surface area contributed by atoms with Crippen LogP contribution in [0.2, 0.25) is 5.02 Å². The lowest BCUT2D eigenvalue weighted by Gasteiger charge is -2.08. The van der Waals surface area contributed by atoms with E-state index in [-0.39, 0.29) is 0 Å². The third-order valence-electron chi connectivity index (χ3n) is 3.20. The van der Waals surface area contributed by atoms with Gasteiger partial charge in [-0.25, -0.2) is 4.68 Å². The van der Waals surface area contributed by atoms with E-state index in [1.807, 2.05) is 42.5 Å². The summed E-state index contributed by atoms with van der Waals surface area (Å²) in [6.45, 7) is 3.77. The van der Waals surface area contributed by atoms with Crippen molar-refractivity contribution in [1.29, 1.82) is 0 Å². The summed E-state index contributed by atoms with van der Waals surface area (Å²) in [5, 5.41) is 12.4. The molecule has 0 aliphatic heterocycles. The fourth-order valence-electron chi connectivity index (χ4n) is 2.13. The molecule has 3 aromatic rings. The zero-order chi connectivity index (χ0) is 13.9. The smallest absolute Gasteiger partial charge is 0.113 e. The van der Waals surface area contributed by atoms with Crippen molar-refractivity contribution < 1.29 is 0 Å². The Bertz CT molecular complexity index is 736. The molecule has 1 heterocycles. The van der Waals surface area contributed by atoms with Crippen LogP contribution in [-0.4, -0.2) is 21.5 Å². The molecule has 0 bridgehead atoms. The number of fused-ring (bicyclic) bond motifs is 1. The molecule has 0 amide bonds. The van der Waals surface area contributed by atoms with Crippen LogP contribution in [0.4, 0.5) is 0 Å². The lowest BCUT2D eigenvalue weighted by molar-refractivity contribution is 0.726. The Morgan fingerprint density at radius 3 is 2.85 bits per heavy atom. The van der Waals surface area contributed by atoms with Crippen molar-refractivity contribution in [2.45, 2.75) is 13.5 Å². The molecule has 0 saturated carbocycles. The van der Waals surface area contributed by atoms with Crippen LogP contribution in [-0.2, 0) is 6.54 Å². The van der Waals surface area contributed by atoms with Gasteiger partial charge in [0.15, 0.2) is 0 Å². The number of aromatic nitrogens is 3. The lowest BCUT2D eigenvalue weighted by Crippen LogP contribution is -2.12. The van der Waals surface area contributed by atoms with Gasteiger partial charge < -0.3 is 5.32 Å². The highest BCUT2D eigenvalue weighted by atomic mass is 35.5. The summed E-state index contributed by atoms with van der Waals surface area (Å²) >= 11 is 6.33. The van der Waals surface area contributed by atoms with Crippen LogP contribution in [0.5, 0.6) is 0 Å². The van der Waals surface area contributed by atoms with Crippen molar-refractivity contribution >= 4 is 22.6 Å². The summed E-state index contributed by atoms with van der Waals surface area (Å²) in [4.78, 5) is 0. The molecule has 2 aromatic carbocycles. The van der Waals surface area contributed by atoms with Gasteiger partial charge in [0.25, 0.3) is 0 Å². The molecule has 1 aromatic heterocycles. The van der Waals surface area contributed by atoms with Gasteiger partial charge in [-0.2, -0.15) is 0 Å². The Kier molecular flexibility index (Phi) is 3.67. The first-order chi connectivity index (χ1) is 9.79. The van der Waals surface area contributed by atoms with Gasteiger partial charge in [-0.3, -0.25) is 0 Å². The van der Waals surface area contributed by atoms with Crippen molar-refractivity contribution in [3.05, 3.63) is 53.1 Å². The van der Waals surface area contributed by atoms with Gasteiger partial charge in [-0.05, 0) is 36.4 Å². The summed E-state index contributed by atoms with van der Waals surface area (Å²) in [6, 6.07) is 13.8. The highest BCUT2D eigenvalue weighted by Gasteiger charge is 2.08. The molecule has 102 valence electrons. The van der Waals surface area contributed by atoms with E-state index in [1.165, 1.54) is 0 Å². The van der Waals surface area contributed by atoms with Crippen LogP contribution in [0.15, 0.2) is 42.5 Å². The van der Waals surface area contributed by atoms with E-state index < -0.39 is 0 Å². The molecule has 0 fully saturated rings. The van der Waals surface area contributed by atoms with E-state index >= 15 is 0 Å². The molecular weight excluding hydrogens is 272 g/mol. The number of nitrogens with zero attached hydrogens (tertiary/aromatic N) is 3. The second kappa shape index (κ2) is 5.61. The Labute approximate surface area is 122 Å². The summed E-state index contributed by atoms with van der Waals surface area (Å²) in [7, 11) is 0. The fraction of sp³-hybridized carbons (Fsp3) is 0.200. The van der Waals surface area contributed by atoms with E-state index in [4.69, 9.17) is 11.6 Å². The normalized spacial score (nSPS) is 11.1. The molecule has 4 nitrogen and oxygen atoms in total. The number of halogens is 1. The largest absolute Gasteiger partial charge is 0.313 e. The molecule has 0 atom stereocenters. The maximum absolute atomic E-state index is 6.33. The van der Waals surface area contributed by atoms with Gasteiger partial charge in [0, 0.05) is 11.6 Å². The van der Waals surface area contributed by atoms with E-state index in [0.29, 0.717) is 0 Å². The molecule has 1 N–H and O–H groups in total. The molecule has 3 rings (SSSR count). The first-order valence-electron chi connectivity index (χ1n) is 6.59. The summed E-state index contributed by atoms with van der Waals surface area (Å²) in [6.07, 6.45) is 0. The van der Waals surface area contributed by atoms with Gasteiger partial charge in [0.05, 0.1) is 11.2 Å². The second-order valence-corrected chi connectivity index (χ2v) is 4.95. The number of para-hydroxylation sites is 1. The third kappa shape index (κ3) is 2.40. The maximum atomic E-state index is 6.33. The number of hydrogen-bond donors (Lipinski definition) is 1. The summed E-state index contributed by atoms with van der Waals surface area (Å²) in [5.41, 5.74) is 3.86. The third-order valence-corrected chi connectivity index (χ3v) is 3.55. The van der Waals surface area contributed by atoms with Gasteiger partial charge in [0.2, 0.25) is 0 Å². The fourth-order valence-corrected chi connectivity index (χ4v) is 2.37. The molecule has 0 saturated heterocycles. The Morgan fingerprint density at radius 1 is 1.20 bits per heavy atom. The van der Waals surface area contributed by atoms with Gasteiger partial charge in [0.1, 0.15) is 5.52 Å². The standard InChI is InChI=1S/C15H15ClN4/c1-2-17-10-11-7-8-12(9-13(11)16)20-15-6-4-3-5-14(15)18-19-20/h3-9,17H,2,10H2,1H3. The molecule has 0 radical (unpaired) electrons. The topological polar surface area (TPSA) is 42.7 Å². The monoisotopic (exact) mass is 286 g/mol. The molecule has 0 aliphatic carbocycles. The molecule has 5 heteroatoms.